The molecule has 0 heterocycles. The lowest BCUT2D eigenvalue weighted by atomic mass is 10.1. The van der Waals surface area contributed by atoms with Gasteiger partial charge in [-0.25, -0.2) is 0 Å². The van der Waals surface area contributed by atoms with Crippen LogP contribution in [-0.2, 0) is 10.1 Å². The zero-order chi connectivity index (χ0) is 19.5. The van der Waals surface area contributed by atoms with Gasteiger partial charge >= 0.3 is 0 Å². The van der Waals surface area contributed by atoms with Gasteiger partial charge in [-0.2, -0.15) is 8.42 Å². The van der Waals surface area contributed by atoms with Crippen LogP contribution in [0.15, 0.2) is 4.99 Å². The number of hydrogen-bond acceptors (Lipinski definition) is 3. The van der Waals surface area contributed by atoms with Crippen molar-refractivity contribution in [3.05, 3.63) is 0 Å². The molecule has 0 unspecified atom stereocenters. The van der Waals surface area contributed by atoms with Gasteiger partial charge < -0.3 is 10.6 Å². The SMILES string of the molecule is CCCCCCCCN=C(NCCCCCCCC)NCCS(=O)(=O)O. The average Bonchev–Trinajstić information content (AvgIpc) is 2.58. The number of nitrogens with zero attached hydrogens (tertiary/aromatic N) is 1. The van der Waals surface area contributed by atoms with Crippen LogP contribution in [0.25, 0.3) is 0 Å². The molecule has 0 bridgehead atoms. The van der Waals surface area contributed by atoms with Crippen LogP contribution in [-0.4, -0.2) is 44.3 Å². The highest BCUT2D eigenvalue weighted by atomic mass is 32.2. The first kappa shape index (κ1) is 25.2. The van der Waals surface area contributed by atoms with Gasteiger partial charge in [0.05, 0.1) is 5.75 Å². The highest BCUT2D eigenvalue weighted by Gasteiger charge is 2.05. The first-order valence-electron chi connectivity index (χ1n) is 10.5. The van der Waals surface area contributed by atoms with E-state index in [1.165, 1.54) is 64.2 Å². The Morgan fingerprint density at radius 1 is 0.769 bits per heavy atom. The van der Waals surface area contributed by atoms with E-state index in [9.17, 15) is 8.42 Å². The Kier molecular flexibility index (Phi) is 17.0. The summed E-state index contributed by atoms with van der Waals surface area (Å²) in [6, 6.07) is 0. The predicted molar refractivity (Wildman–Crippen MR) is 111 cm³/mol. The molecule has 0 saturated heterocycles. The fourth-order valence-electron chi connectivity index (χ4n) is 2.67. The van der Waals surface area contributed by atoms with Crippen LogP contribution in [0, 0.1) is 0 Å². The van der Waals surface area contributed by atoms with Crippen LogP contribution in [0.5, 0.6) is 0 Å². The summed E-state index contributed by atoms with van der Waals surface area (Å²) in [5.74, 6) is 0.345. The van der Waals surface area contributed by atoms with Gasteiger partial charge in [0, 0.05) is 19.6 Å². The van der Waals surface area contributed by atoms with Gasteiger partial charge in [-0.3, -0.25) is 9.55 Å². The lowest BCUT2D eigenvalue weighted by Gasteiger charge is -2.12. The summed E-state index contributed by atoms with van der Waals surface area (Å²) in [7, 11) is -3.94. The summed E-state index contributed by atoms with van der Waals surface area (Å²) in [5, 5.41) is 6.27. The summed E-state index contributed by atoms with van der Waals surface area (Å²) in [4.78, 5) is 4.53. The van der Waals surface area contributed by atoms with Crippen LogP contribution in [0.3, 0.4) is 0 Å². The largest absolute Gasteiger partial charge is 0.356 e. The third-order valence-electron chi connectivity index (χ3n) is 4.26. The number of aliphatic imine (C=N–C) groups is 1. The fourth-order valence-corrected chi connectivity index (χ4v) is 3.03. The van der Waals surface area contributed by atoms with Gasteiger partial charge in [0.2, 0.25) is 0 Å². The van der Waals surface area contributed by atoms with Crippen molar-refractivity contribution in [3.8, 4) is 0 Å². The second kappa shape index (κ2) is 17.6. The van der Waals surface area contributed by atoms with Crippen LogP contribution in [0.4, 0.5) is 0 Å². The molecule has 7 heteroatoms. The fraction of sp³-hybridized carbons (Fsp3) is 0.947. The van der Waals surface area contributed by atoms with Gasteiger partial charge in [0.25, 0.3) is 10.1 Å². The molecule has 0 fully saturated rings. The lowest BCUT2D eigenvalue weighted by molar-refractivity contribution is 0.482. The van der Waals surface area contributed by atoms with Crippen molar-refractivity contribution in [1.82, 2.24) is 10.6 Å². The first-order chi connectivity index (χ1) is 12.5. The predicted octanol–water partition coefficient (Wildman–Crippen LogP) is 4.13. The maximum absolute atomic E-state index is 10.8. The van der Waals surface area contributed by atoms with E-state index in [0.29, 0.717) is 5.96 Å². The topological polar surface area (TPSA) is 90.8 Å². The smallest absolute Gasteiger partial charge is 0.266 e. The second-order valence-electron chi connectivity index (χ2n) is 6.91. The molecule has 0 atom stereocenters. The third-order valence-corrected chi connectivity index (χ3v) is 4.98. The molecule has 3 N–H and O–H groups in total. The van der Waals surface area contributed by atoms with Crippen molar-refractivity contribution in [2.75, 3.05) is 25.4 Å². The Bertz CT molecular complexity index is 439. The molecule has 0 aliphatic heterocycles. The Hall–Kier alpha value is -0.820. The molecule has 0 aliphatic rings. The molecule has 6 nitrogen and oxygen atoms in total. The second-order valence-corrected chi connectivity index (χ2v) is 8.48. The first-order valence-corrected chi connectivity index (χ1v) is 12.1. The Morgan fingerprint density at radius 2 is 1.27 bits per heavy atom. The number of hydrogen-bond donors (Lipinski definition) is 3. The molecule has 0 aromatic heterocycles. The zero-order valence-electron chi connectivity index (χ0n) is 16.9. The molecular formula is C19H41N3O3S. The Labute approximate surface area is 161 Å². The molecule has 0 aliphatic carbocycles. The molecule has 0 aromatic carbocycles. The van der Waals surface area contributed by atoms with Crippen molar-refractivity contribution in [2.24, 2.45) is 4.99 Å². The molecule has 0 rings (SSSR count). The Morgan fingerprint density at radius 3 is 1.85 bits per heavy atom. The summed E-state index contributed by atoms with van der Waals surface area (Å²) in [6.07, 6.45) is 14.7. The normalized spacial score (nSPS) is 12.3. The van der Waals surface area contributed by atoms with Crippen molar-refractivity contribution >= 4 is 16.1 Å². The van der Waals surface area contributed by atoms with E-state index in [2.05, 4.69) is 29.5 Å². The maximum atomic E-state index is 10.8. The van der Waals surface area contributed by atoms with Crippen LogP contribution >= 0.6 is 0 Å². The van der Waals surface area contributed by atoms with Gasteiger partial charge in [0.15, 0.2) is 5.96 Å². The van der Waals surface area contributed by atoms with E-state index in [-0.39, 0.29) is 12.3 Å². The summed E-state index contributed by atoms with van der Waals surface area (Å²) < 4.78 is 30.5. The van der Waals surface area contributed by atoms with Crippen LogP contribution < -0.4 is 10.6 Å². The highest BCUT2D eigenvalue weighted by molar-refractivity contribution is 7.85. The molecule has 0 radical (unpaired) electrons. The lowest BCUT2D eigenvalue weighted by Crippen LogP contribution is -2.40. The molecular weight excluding hydrogens is 350 g/mol. The van der Waals surface area contributed by atoms with E-state index in [0.717, 1.165) is 25.9 Å². The summed E-state index contributed by atoms with van der Waals surface area (Å²) in [6.45, 7) is 6.17. The zero-order valence-corrected chi connectivity index (χ0v) is 17.7. The Balaban J connectivity index is 4.05. The van der Waals surface area contributed by atoms with E-state index in [1.54, 1.807) is 0 Å². The van der Waals surface area contributed by atoms with Crippen molar-refractivity contribution in [1.29, 1.82) is 0 Å². The quantitative estimate of drug-likeness (QED) is 0.150. The van der Waals surface area contributed by atoms with Gasteiger partial charge in [-0.05, 0) is 12.8 Å². The molecule has 0 amide bonds. The monoisotopic (exact) mass is 391 g/mol. The minimum Gasteiger partial charge on any atom is -0.356 e. The van der Waals surface area contributed by atoms with E-state index in [4.69, 9.17) is 4.55 Å². The molecule has 26 heavy (non-hydrogen) atoms. The number of rotatable bonds is 17. The van der Waals surface area contributed by atoms with Crippen LogP contribution in [0.1, 0.15) is 90.9 Å². The van der Waals surface area contributed by atoms with Gasteiger partial charge in [0.1, 0.15) is 0 Å². The van der Waals surface area contributed by atoms with Gasteiger partial charge in [-0.1, -0.05) is 78.1 Å². The molecule has 0 aromatic rings. The average molecular weight is 392 g/mol. The number of guanidine groups is 1. The van der Waals surface area contributed by atoms with E-state index in [1.807, 2.05) is 0 Å². The minimum atomic E-state index is -3.94. The van der Waals surface area contributed by atoms with Crippen molar-refractivity contribution < 1.29 is 13.0 Å². The summed E-state index contributed by atoms with van der Waals surface area (Å²) >= 11 is 0. The molecule has 0 spiro atoms. The molecule has 156 valence electrons. The third kappa shape index (κ3) is 19.5. The maximum Gasteiger partial charge on any atom is 0.266 e. The molecule has 0 saturated carbocycles. The van der Waals surface area contributed by atoms with Crippen molar-refractivity contribution in [3.63, 3.8) is 0 Å². The van der Waals surface area contributed by atoms with E-state index < -0.39 is 10.1 Å². The minimum absolute atomic E-state index is 0.164. The number of unbranched alkanes of at least 4 members (excludes halogenated alkanes) is 10. The number of nitrogens with one attached hydrogen (secondary N) is 2. The van der Waals surface area contributed by atoms with Crippen molar-refractivity contribution in [2.45, 2.75) is 90.9 Å². The standard InChI is InChI=1S/C19H41N3O3S/c1-3-5-7-9-11-13-15-20-19(22-17-18-26(23,24)25)21-16-14-12-10-8-6-4-2/h3-18H2,1-2H3,(H2,20,21,22)(H,23,24,25). The summed E-state index contributed by atoms with van der Waals surface area (Å²) in [5.41, 5.74) is 0. The van der Waals surface area contributed by atoms with E-state index >= 15 is 0 Å². The highest BCUT2D eigenvalue weighted by Crippen LogP contribution is 2.05. The van der Waals surface area contributed by atoms with Crippen LogP contribution in [0.2, 0.25) is 0 Å². The van der Waals surface area contributed by atoms with Gasteiger partial charge in [-0.15, -0.1) is 0 Å².